The van der Waals surface area contributed by atoms with Crippen LogP contribution in [0.4, 0.5) is 0 Å². The lowest BCUT2D eigenvalue weighted by Gasteiger charge is -2.32. The zero-order valence-electron chi connectivity index (χ0n) is 12.1. The van der Waals surface area contributed by atoms with Gasteiger partial charge in [0.2, 0.25) is 0 Å². The average Bonchev–Trinajstić information content (AvgIpc) is 2.89. The summed E-state index contributed by atoms with van der Waals surface area (Å²) in [6, 6.07) is 0. The number of nitrogens with one attached hydrogen (secondary N) is 1. The second-order valence-corrected chi connectivity index (χ2v) is 5.10. The number of likely N-dealkylation sites (tertiary alicyclic amines) is 1. The number of aliphatic imine (C=N–C) groups is 1. The van der Waals surface area contributed by atoms with Crippen LogP contribution in [0.15, 0.2) is 11.3 Å². The van der Waals surface area contributed by atoms with Crippen molar-refractivity contribution in [3.05, 3.63) is 12.2 Å². The summed E-state index contributed by atoms with van der Waals surface area (Å²) in [5, 5.41) is 11.4. The van der Waals surface area contributed by atoms with Gasteiger partial charge in [0.25, 0.3) is 0 Å². The Morgan fingerprint density at radius 2 is 2.21 bits per heavy atom. The van der Waals surface area contributed by atoms with Crippen molar-refractivity contribution in [1.82, 2.24) is 25.0 Å². The van der Waals surface area contributed by atoms with Crippen LogP contribution in [0.1, 0.15) is 32.5 Å². The zero-order valence-corrected chi connectivity index (χ0v) is 12.1. The predicted octanol–water partition coefficient (Wildman–Crippen LogP) is 1.11. The third-order valence-corrected chi connectivity index (χ3v) is 3.74. The number of nitrogens with zero attached hydrogens (tertiary/aromatic N) is 5. The summed E-state index contributed by atoms with van der Waals surface area (Å²) in [5.74, 6) is 2.75. The van der Waals surface area contributed by atoms with Crippen LogP contribution in [0.3, 0.4) is 0 Å². The minimum atomic E-state index is 0.673. The van der Waals surface area contributed by atoms with Crippen molar-refractivity contribution in [2.45, 2.75) is 39.8 Å². The van der Waals surface area contributed by atoms with Crippen molar-refractivity contribution in [2.75, 3.05) is 20.1 Å². The van der Waals surface area contributed by atoms with Gasteiger partial charge in [0, 0.05) is 26.7 Å². The van der Waals surface area contributed by atoms with Gasteiger partial charge < -0.3 is 14.8 Å². The number of aromatic nitrogens is 3. The summed E-state index contributed by atoms with van der Waals surface area (Å²) in [6.45, 7) is 8.14. The Bertz CT molecular complexity index is 417. The highest BCUT2D eigenvalue weighted by Crippen LogP contribution is 2.15. The first-order valence-electron chi connectivity index (χ1n) is 7.06. The van der Waals surface area contributed by atoms with Crippen molar-refractivity contribution in [2.24, 2.45) is 10.9 Å². The summed E-state index contributed by atoms with van der Waals surface area (Å²) in [7, 11) is 1.84. The van der Waals surface area contributed by atoms with Gasteiger partial charge in [-0.15, -0.1) is 10.2 Å². The van der Waals surface area contributed by atoms with Gasteiger partial charge in [0.15, 0.2) is 11.8 Å². The Hall–Kier alpha value is -1.59. The Balaban J connectivity index is 1.90. The van der Waals surface area contributed by atoms with E-state index < -0.39 is 0 Å². The Labute approximate surface area is 114 Å². The van der Waals surface area contributed by atoms with Crippen molar-refractivity contribution in [1.29, 1.82) is 0 Å². The minimum absolute atomic E-state index is 0.673. The van der Waals surface area contributed by atoms with Crippen molar-refractivity contribution in [3.8, 4) is 0 Å². The summed E-state index contributed by atoms with van der Waals surface area (Å²) in [6.07, 6.45) is 4.25. The standard InChI is InChI=1S/C13H24N6/c1-4-18-10-16-17-12(18)9-15-13(14-3)19-7-5-11(2)6-8-19/h10-11H,4-9H2,1-3H3,(H,14,15). The first-order chi connectivity index (χ1) is 9.24. The van der Waals surface area contributed by atoms with Crippen LogP contribution >= 0.6 is 0 Å². The lowest BCUT2D eigenvalue weighted by atomic mass is 10.00. The van der Waals surface area contributed by atoms with E-state index in [0.717, 1.165) is 37.3 Å². The molecule has 1 saturated heterocycles. The highest BCUT2D eigenvalue weighted by Gasteiger charge is 2.18. The van der Waals surface area contributed by atoms with Gasteiger partial charge >= 0.3 is 0 Å². The zero-order chi connectivity index (χ0) is 13.7. The predicted molar refractivity (Wildman–Crippen MR) is 75.9 cm³/mol. The van der Waals surface area contributed by atoms with E-state index in [0.29, 0.717) is 6.54 Å². The Kier molecular flexibility index (Phi) is 4.76. The molecule has 1 N–H and O–H groups in total. The fourth-order valence-electron chi connectivity index (χ4n) is 2.39. The molecule has 6 heteroatoms. The molecule has 1 aliphatic heterocycles. The van der Waals surface area contributed by atoms with E-state index in [9.17, 15) is 0 Å². The van der Waals surface area contributed by atoms with Gasteiger partial charge in [0.1, 0.15) is 6.33 Å². The molecule has 0 aliphatic carbocycles. The first-order valence-corrected chi connectivity index (χ1v) is 7.06. The van der Waals surface area contributed by atoms with Crippen LogP contribution in [0, 0.1) is 5.92 Å². The topological polar surface area (TPSA) is 58.3 Å². The molecule has 6 nitrogen and oxygen atoms in total. The molecular weight excluding hydrogens is 240 g/mol. The van der Waals surface area contributed by atoms with E-state index in [4.69, 9.17) is 0 Å². The minimum Gasteiger partial charge on any atom is -0.349 e. The lowest BCUT2D eigenvalue weighted by Crippen LogP contribution is -2.45. The molecule has 0 saturated carbocycles. The molecule has 0 radical (unpaired) electrons. The van der Waals surface area contributed by atoms with Gasteiger partial charge in [0.05, 0.1) is 6.54 Å². The average molecular weight is 264 g/mol. The smallest absolute Gasteiger partial charge is 0.194 e. The van der Waals surface area contributed by atoms with Crippen molar-refractivity contribution < 1.29 is 0 Å². The largest absolute Gasteiger partial charge is 0.349 e. The van der Waals surface area contributed by atoms with Crippen LogP contribution in [-0.2, 0) is 13.1 Å². The Morgan fingerprint density at radius 1 is 1.47 bits per heavy atom. The Morgan fingerprint density at radius 3 is 2.84 bits per heavy atom. The highest BCUT2D eigenvalue weighted by atomic mass is 15.3. The van der Waals surface area contributed by atoms with E-state index >= 15 is 0 Å². The number of hydrogen-bond donors (Lipinski definition) is 1. The van der Waals surface area contributed by atoms with Crippen LogP contribution in [0.2, 0.25) is 0 Å². The maximum absolute atomic E-state index is 4.37. The third kappa shape index (κ3) is 3.45. The molecule has 2 heterocycles. The number of hydrogen-bond acceptors (Lipinski definition) is 3. The van der Waals surface area contributed by atoms with Crippen molar-refractivity contribution in [3.63, 3.8) is 0 Å². The molecule has 106 valence electrons. The third-order valence-electron chi connectivity index (χ3n) is 3.74. The second kappa shape index (κ2) is 6.54. The van der Waals surface area contributed by atoms with E-state index in [1.54, 1.807) is 6.33 Å². The van der Waals surface area contributed by atoms with Gasteiger partial charge in [-0.3, -0.25) is 4.99 Å². The van der Waals surface area contributed by atoms with Crippen LogP contribution < -0.4 is 5.32 Å². The van der Waals surface area contributed by atoms with E-state index in [1.165, 1.54) is 12.8 Å². The molecule has 0 unspecified atom stereocenters. The van der Waals surface area contributed by atoms with Gasteiger partial charge in [-0.05, 0) is 25.7 Å². The molecule has 1 aliphatic rings. The molecule has 1 aromatic heterocycles. The van der Waals surface area contributed by atoms with Crippen LogP contribution in [-0.4, -0.2) is 45.8 Å². The number of rotatable bonds is 3. The monoisotopic (exact) mass is 264 g/mol. The molecule has 2 rings (SSSR count). The molecule has 1 aromatic rings. The highest BCUT2D eigenvalue weighted by molar-refractivity contribution is 5.79. The second-order valence-electron chi connectivity index (χ2n) is 5.10. The molecule has 19 heavy (non-hydrogen) atoms. The SMILES string of the molecule is CCn1cnnc1CNC(=NC)N1CCC(C)CC1. The van der Waals surface area contributed by atoms with E-state index in [1.807, 2.05) is 11.6 Å². The van der Waals surface area contributed by atoms with Gasteiger partial charge in [-0.25, -0.2) is 0 Å². The summed E-state index contributed by atoms with van der Waals surface area (Å²) >= 11 is 0. The maximum Gasteiger partial charge on any atom is 0.194 e. The van der Waals surface area contributed by atoms with Crippen molar-refractivity contribution >= 4 is 5.96 Å². The van der Waals surface area contributed by atoms with E-state index in [-0.39, 0.29) is 0 Å². The van der Waals surface area contributed by atoms with E-state index in [2.05, 4.69) is 39.3 Å². The molecule has 0 amide bonds. The molecule has 0 atom stereocenters. The molecule has 0 aromatic carbocycles. The number of aryl methyl sites for hydroxylation is 1. The first kappa shape index (κ1) is 13.8. The molecule has 1 fully saturated rings. The molecule has 0 bridgehead atoms. The summed E-state index contributed by atoms with van der Waals surface area (Å²) in [5.41, 5.74) is 0. The lowest BCUT2D eigenvalue weighted by molar-refractivity contribution is 0.273. The van der Waals surface area contributed by atoms with Crippen LogP contribution in [0.25, 0.3) is 0 Å². The normalized spacial score (nSPS) is 17.8. The van der Waals surface area contributed by atoms with Gasteiger partial charge in [-0.1, -0.05) is 6.92 Å². The maximum atomic E-state index is 4.37. The molecular formula is C13H24N6. The number of piperidine rings is 1. The summed E-state index contributed by atoms with van der Waals surface area (Å²) in [4.78, 5) is 6.69. The quantitative estimate of drug-likeness (QED) is 0.656. The fourth-order valence-corrected chi connectivity index (χ4v) is 2.39. The fraction of sp³-hybridized carbons (Fsp3) is 0.769. The molecule has 0 spiro atoms. The summed E-state index contributed by atoms with van der Waals surface area (Å²) < 4.78 is 2.04. The van der Waals surface area contributed by atoms with Gasteiger partial charge in [-0.2, -0.15) is 0 Å². The number of guanidine groups is 1. The van der Waals surface area contributed by atoms with Crippen LogP contribution in [0.5, 0.6) is 0 Å².